The first-order valence-corrected chi connectivity index (χ1v) is 13.1. The Morgan fingerprint density at radius 3 is 2.26 bits per heavy atom. The lowest BCUT2D eigenvalue weighted by Crippen LogP contribution is -2.29. The average molecular weight is 533 g/mol. The van der Waals surface area contributed by atoms with Gasteiger partial charge in [0.1, 0.15) is 11.5 Å². The van der Waals surface area contributed by atoms with Gasteiger partial charge in [-0.25, -0.2) is 4.39 Å². The van der Waals surface area contributed by atoms with Gasteiger partial charge >= 0.3 is 5.97 Å². The molecule has 0 bridgehead atoms. The Bertz CT molecular complexity index is 1370. The van der Waals surface area contributed by atoms with Gasteiger partial charge in [0.25, 0.3) is 5.91 Å². The third-order valence-corrected chi connectivity index (χ3v) is 6.58. The van der Waals surface area contributed by atoms with Gasteiger partial charge in [-0.05, 0) is 62.1 Å². The number of nitrogens with zero attached hydrogens (tertiary/aromatic N) is 1. The van der Waals surface area contributed by atoms with Gasteiger partial charge in [-0.3, -0.25) is 14.4 Å². The molecule has 3 aromatic rings. The molecule has 2 N–H and O–H groups in total. The number of halogens is 1. The molecule has 1 aromatic heterocycles. The fourth-order valence-electron chi connectivity index (χ4n) is 4.63. The van der Waals surface area contributed by atoms with Gasteiger partial charge in [-0.15, -0.1) is 0 Å². The zero-order valence-corrected chi connectivity index (χ0v) is 22.3. The summed E-state index contributed by atoms with van der Waals surface area (Å²) in [6, 6.07) is 15.5. The van der Waals surface area contributed by atoms with E-state index < -0.39 is 17.9 Å². The molecule has 1 atom stereocenters. The van der Waals surface area contributed by atoms with Crippen LogP contribution in [0.5, 0.6) is 0 Å². The fourth-order valence-corrected chi connectivity index (χ4v) is 4.63. The minimum atomic E-state index is -1.18. The fraction of sp³-hybridized carbons (Fsp3) is 0.323. The molecule has 0 unspecified atom stereocenters. The van der Waals surface area contributed by atoms with E-state index in [0.29, 0.717) is 28.1 Å². The van der Waals surface area contributed by atoms with Crippen molar-refractivity contribution in [2.24, 2.45) is 0 Å². The lowest BCUT2D eigenvalue weighted by atomic mass is 9.94. The Balaban J connectivity index is 1.90. The van der Waals surface area contributed by atoms with Crippen LogP contribution in [0.15, 0.2) is 60.7 Å². The predicted octanol–water partition coefficient (Wildman–Crippen LogP) is 5.33. The van der Waals surface area contributed by atoms with Crippen molar-refractivity contribution < 1.29 is 28.6 Å². The summed E-state index contributed by atoms with van der Waals surface area (Å²) in [6.07, 6.45) is 3.10. The van der Waals surface area contributed by atoms with Crippen molar-refractivity contribution in [2.75, 3.05) is 7.11 Å². The van der Waals surface area contributed by atoms with Crippen LogP contribution < -0.4 is 5.32 Å². The summed E-state index contributed by atoms with van der Waals surface area (Å²) in [5.74, 6) is -1.60. The van der Waals surface area contributed by atoms with Crippen molar-refractivity contribution in [3.63, 3.8) is 0 Å². The number of esters is 1. The average Bonchev–Trinajstić information content (AvgIpc) is 3.65. The third-order valence-electron chi connectivity index (χ3n) is 6.58. The summed E-state index contributed by atoms with van der Waals surface area (Å²) in [4.78, 5) is 38.0. The summed E-state index contributed by atoms with van der Waals surface area (Å²) >= 11 is 0. The third kappa shape index (κ3) is 6.70. The summed E-state index contributed by atoms with van der Waals surface area (Å²) < 4.78 is 20.4. The molecule has 0 spiro atoms. The molecule has 0 saturated heterocycles. The minimum absolute atomic E-state index is 0.128. The second-order valence-corrected chi connectivity index (χ2v) is 10.0. The molecule has 1 amide bonds. The van der Waals surface area contributed by atoms with Crippen LogP contribution in [0, 0.1) is 5.82 Å². The largest absolute Gasteiger partial charge is 0.469 e. The first-order valence-electron chi connectivity index (χ1n) is 13.1. The van der Waals surface area contributed by atoms with Crippen molar-refractivity contribution in [2.45, 2.75) is 57.7 Å². The van der Waals surface area contributed by atoms with E-state index in [-0.39, 0.29) is 36.6 Å². The number of carbonyl (C=O) groups is 3. The molecule has 7 nitrogen and oxygen atoms in total. The maximum Gasteiger partial charge on any atom is 0.308 e. The number of hydrogen-bond acceptors (Lipinski definition) is 5. The highest BCUT2D eigenvalue weighted by molar-refractivity contribution is 6.07. The highest BCUT2D eigenvalue weighted by Gasteiger charge is 2.32. The number of aromatic nitrogens is 1. The van der Waals surface area contributed by atoms with Crippen molar-refractivity contribution in [3.8, 4) is 22.3 Å². The van der Waals surface area contributed by atoms with Crippen molar-refractivity contribution >= 4 is 23.7 Å². The van der Waals surface area contributed by atoms with Crippen molar-refractivity contribution in [1.29, 1.82) is 0 Å². The molecule has 1 saturated carbocycles. The topological polar surface area (TPSA) is 97.6 Å². The van der Waals surface area contributed by atoms with Crippen LogP contribution in [0.2, 0.25) is 0 Å². The van der Waals surface area contributed by atoms with Crippen molar-refractivity contribution in [1.82, 2.24) is 9.88 Å². The second-order valence-electron chi connectivity index (χ2n) is 10.0. The Morgan fingerprint density at radius 2 is 1.67 bits per heavy atom. The zero-order valence-electron chi connectivity index (χ0n) is 22.3. The van der Waals surface area contributed by atoms with E-state index in [1.807, 2.05) is 48.7 Å². The number of aliphatic hydroxyl groups is 1. The zero-order chi connectivity index (χ0) is 28.1. The summed E-state index contributed by atoms with van der Waals surface area (Å²) in [6.45, 7) is 3.91. The first kappa shape index (κ1) is 28.0. The van der Waals surface area contributed by atoms with Crippen LogP contribution in [0.3, 0.4) is 0 Å². The van der Waals surface area contributed by atoms with Crippen LogP contribution in [0.1, 0.15) is 61.8 Å². The quantitative estimate of drug-likeness (QED) is 0.257. The number of rotatable bonds is 11. The molecule has 0 radical (unpaired) electrons. The minimum Gasteiger partial charge on any atom is -0.469 e. The first-order chi connectivity index (χ1) is 18.7. The maximum absolute atomic E-state index is 13.9. The molecule has 2 aromatic carbocycles. The predicted molar refractivity (Wildman–Crippen MR) is 147 cm³/mol. The molecule has 8 heteroatoms. The monoisotopic (exact) mass is 532 g/mol. The molecule has 39 heavy (non-hydrogen) atoms. The standard InChI is InChI=1S/C31H33FN2O5/c1-19(2)34-26(16-15-24(35)17-25(36)18-27(37)39-3)28(21-9-11-22(32)12-10-21)29(20-7-5-4-6-8-20)30(34)31(38)33-23-13-14-23/h4-12,15-16,19,23,25,36H,13-14,17-18H2,1-3H3,(H,33,38)/t25-/m1/s1. The Morgan fingerprint density at radius 1 is 1.03 bits per heavy atom. The van der Waals surface area contributed by atoms with E-state index in [0.717, 1.165) is 18.4 Å². The molecule has 0 aliphatic heterocycles. The molecule has 1 heterocycles. The normalized spacial score (nSPS) is 14.0. The summed E-state index contributed by atoms with van der Waals surface area (Å²) in [5, 5.41) is 13.2. The molecule has 1 aliphatic carbocycles. The SMILES string of the molecule is COC(=O)C[C@H](O)CC(=O)C=Cc1c(-c2ccc(F)cc2)c(-c2ccccc2)c(C(=O)NC2CC2)n1C(C)C. The van der Waals surface area contributed by atoms with Crippen LogP contribution in [0.4, 0.5) is 4.39 Å². The molecule has 4 rings (SSSR count). The number of ether oxygens (including phenoxy) is 1. The molecular formula is C31H33FN2O5. The van der Waals surface area contributed by atoms with E-state index in [1.54, 1.807) is 18.2 Å². The van der Waals surface area contributed by atoms with Gasteiger partial charge in [0.05, 0.1) is 25.3 Å². The molecule has 1 aliphatic rings. The number of aliphatic hydroxyl groups excluding tert-OH is 1. The van der Waals surface area contributed by atoms with Gasteiger partial charge in [0, 0.05) is 29.6 Å². The molecular weight excluding hydrogens is 499 g/mol. The highest BCUT2D eigenvalue weighted by Crippen LogP contribution is 2.42. The van der Waals surface area contributed by atoms with Crippen LogP contribution in [-0.4, -0.2) is 46.6 Å². The number of amides is 1. The highest BCUT2D eigenvalue weighted by atomic mass is 19.1. The maximum atomic E-state index is 13.9. The van der Waals surface area contributed by atoms with E-state index in [1.165, 1.54) is 25.3 Å². The van der Waals surface area contributed by atoms with Crippen LogP contribution in [-0.2, 0) is 14.3 Å². The van der Waals surface area contributed by atoms with E-state index in [9.17, 15) is 23.9 Å². The Kier molecular flexibility index (Phi) is 8.76. The molecule has 204 valence electrons. The van der Waals surface area contributed by atoms with Gasteiger partial charge in [0.15, 0.2) is 5.78 Å². The van der Waals surface area contributed by atoms with Gasteiger partial charge in [-0.1, -0.05) is 42.5 Å². The summed E-state index contributed by atoms with van der Waals surface area (Å²) in [5.41, 5.74) is 3.94. The second kappa shape index (κ2) is 12.2. The lowest BCUT2D eigenvalue weighted by Gasteiger charge is -2.17. The molecule has 1 fully saturated rings. The Labute approximate surface area is 227 Å². The van der Waals surface area contributed by atoms with Gasteiger partial charge in [0.2, 0.25) is 0 Å². The number of benzene rings is 2. The summed E-state index contributed by atoms with van der Waals surface area (Å²) in [7, 11) is 1.22. The van der Waals surface area contributed by atoms with Gasteiger partial charge < -0.3 is 19.7 Å². The van der Waals surface area contributed by atoms with E-state index >= 15 is 0 Å². The Hall–Kier alpha value is -4.04. The number of nitrogens with one attached hydrogen (secondary N) is 1. The van der Waals surface area contributed by atoms with Crippen molar-refractivity contribution in [3.05, 3.63) is 77.9 Å². The van der Waals surface area contributed by atoms with Crippen LogP contribution >= 0.6 is 0 Å². The smallest absolute Gasteiger partial charge is 0.308 e. The van der Waals surface area contributed by atoms with E-state index in [2.05, 4.69) is 10.1 Å². The van der Waals surface area contributed by atoms with E-state index in [4.69, 9.17) is 0 Å². The number of carbonyl (C=O) groups excluding carboxylic acids is 3. The van der Waals surface area contributed by atoms with Gasteiger partial charge in [-0.2, -0.15) is 0 Å². The van der Waals surface area contributed by atoms with Crippen LogP contribution in [0.25, 0.3) is 28.3 Å². The number of allylic oxidation sites excluding steroid dienone is 1. The number of methoxy groups -OCH3 is 1. The number of ketones is 1. The number of hydrogen-bond donors (Lipinski definition) is 2. The lowest BCUT2D eigenvalue weighted by molar-refractivity contribution is -0.143.